The number of nitrogens with one attached hydrogen (secondary N) is 2. The maximum absolute atomic E-state index is 13.1. The van der Waals surface area contributed by atoms with Crippen LogP contribution < -0.4 is 10.6 Å². The molecular weight excluding hydrogens is 534 g/mol. The van der Waals surface area contributed by atoms with Crippen LogP contribution in [0.25, 0.3) is 5.69 Å². The van der Waals surface area contributed by atoms with E-state index in [2.05, 4.69) is 33.5 Å². The van der Waals surface area contributed by atoms with E-state index in [4.69, 9.17) is 12.2 Å². The molecule has 2 atom stereocenters. The van der Waals surface area contributed by atoms with E-state index in [1.54, 1.807) is 18.3 Å². The number of hydrogen-bond acceptors (Lipinski definition) is 4. The highest BCUT2D eigenvalue weighted by molar-refractivity contribution is 7.80. The number of carbonyl (C=O) groups is 2. The van der Waals surface area contributed by atoms with Crippen molar-refractivity contribution in [1.29, 1.82) is 0 Å². The number of aryl methyl sites for hydroxylation is 2. The lowest BCUT2D eigenvalue weighted by atomic mass is 9.96. The maximum Gasteiger partial charge on any atom is 0.337 e. The number of nitrogens with zero attached hydrogens (tertiary/aromatic N) is 3. The van der Waals surface area contributed by atoms with Gasteiger partial charge in [0.15, 0.2) is 5.11 Å². The van der Waals surface area contributed by atoms with Crippen molar-refractivity contribution in [3.05, 3.63) is 113 Å². The van der Waals surface area contributed by atoms with Gasteiger partial charge in [0, 0.05) is 36.2 Å². The minimum absolute atomic E-state index is 0.0883. The van der Waals surface area contributed by atoms with Gasteiger partial charge in [-0.05, 0) is 80.0 Å². The first-order valence-corrected chi connectivity index (χ1v) is 14.1. The number of aromatic carboxylic acids is 1. The Balaban J connectivity index is 1.50. The zero-order chi connectivity index (χ0) is 29.1. The van der Waals surface area contributed by atoms with E-state index in [-0.39, 0.29) is 30.0 Å². The number of aromatic nitrogens is 2. The number of amides is 1. The Kier molecular flexibility index (Phi) is 8.16. The fraction of sp³-hybridized carbons (Fsp3) is 0.250. The molecule has 5 rings (SSSR count). The maximum atomic E-state index is 13.1. The van der Waals surface area contributed by atoms with E-state index >= 15 is 0 Å². The Morgan fingerprint density at radius 2 is 1.78 bits per heavy atom. The molecule has 0 bridgehead atoms. The van der Waals surface area contributed by atoms with Crippen LogP contribution in [0.2, 0.25) is 0 Å². The van der Waals surface area contributed by atoms with Crippen LogP contribution >= 0.6 is 12.2 Å². The third-order valence-corrected chi connectivity index (χ3v) is 7.97. The molecule has 3 N–H and O–H groups in total. The summed E-state index contributed by atoms with van der Waals surface area (Å²) in [6, 6.07) is 22.2. The number of carbonyl (C=O) groups excluding carboxylic acids is 1. The van der Waals surface area contributed by atoms with Crippen LogP contribution in [0.5, 0.6) is 0 Å². The number of rotatable bonds is 9. The molecule has 0 spiro atoms. The SMILES string of the molecule is CCc1ccccc1NC(=O)CCN1C(=S)N[C@H](c2ccccn2)[C@@H]1c1cc(C)n(-c2ccccc2C(=O)O)c1C. The number of para-hydroxylation sites is 2. The van der Waals surface area contributed by atoms with Gasteiger partial charge in [-0.2, -0.15) is 0 Å². The summed E-state index contributed by atoms with van der Waals surface area (Å²) in [6.07, 6.45) is 2.82. The quantitative estimate of drug-likeness (QED) is 0.222. The molecule has 0 unspecified atom stereocenters. The van der Waals surface area contributed by atoms with Crippen LogP contribution in [0.3, 0.4) is 0 Å². The van der Waals surface area contributed by atoms with Gasteiger partial charge in [-0.1, -0.05) is 43.3 Å². The minimum atomic E-state index is -0.984. The summed E-state index contributed by atoms with van der Waals surface area (Å²) in [5.41, 5.74) is 6.36. The van der Waals surface area contributed by atoms with E-state index in [0.29, 0.717) is 17.3 Å². The topological polar surface area (TPSA) is 99.5 Å². The molecule has 41 heavy (non-hydrogen) atoms. The van der Waals surface area contributed by atoms with Gasteiger partial charge in [-0.25, -0.2) is 4.79 Å². The van der Waals surface area contributed by atoms with E-state index < -0.39 is 5.97 Å². The summed E-state index contributed by atoms with van der Waals surface area (Å²) in [4.78, 5) is 31.8. The standard InChI is InChI=1S/C32H33N5O3S/c1-4-22-11-5-7-13-25(22)34-28(38)16-18-36-30(29(35-32(36)41)26-14-9-10-17-33-26)24-19-20(2)37(21(24)3)27-15-8-6-12-23(27)31(39)40/h5-15,17,19,29-30H,4,16,18H2,1-3H3,(H,34,38)(H,35,41)(H,39,40)/t29-,30+/m1/s1. The number of carboxylic acids is 1. The highest BCUT2D eigenvalue weighted by Crippen LogP contribution is 2.41. The molecule has 8 nitrogen and oxygen atoms in total. The van der Waals surface area contributed by atoms with Gasteiger partial charge in [-0.3, -0.25) is 9.78 Å². The lowest BCUT2D eigenvalue weighted by Crippen LogP contribution is -2.33. The first-order chi connectivity index (χ1) is 19.8. The van der Waals surface area contributed by atoms with Crippen molar-refractivity contribution in [3.8, 4) is 5.69 Å². The highest BCUT2D eigenvalue weighted by Gasteiger charge is 2.41. The number of thiocarbonyl (C=S) groups is 1. The van der Waals surface area contributed by atoms with Crippen LogP contribution in [0, 0.1) is 13.8 Å². The van der Waals surface area contributed by atoms with Crippen LogP contribution in [0.1, 0.15) is 64.0 Å². The molecule has 210 valence electrons. The van der Waals surface area contributed by atoms with Gasteiger partial charge in [-0.15, -0.1) is 0 Å². The van der Waals surface area contributed by atoms with Crippen molar-refractivity contribution in [2.75, 3.05) is 11.9 Å². The van der Waals surface area contributed by atoms with Crippen molar-refractivity contribution in [2.45, 2.75) is 45.7 Å². The van der Waals surface area contributed by atoms with Crippen LogP contribution in [-0.2, 0) is 11.2 Å². The lowest BCUT2D eigenvalue weighted by molar-refractivity contribution is -0.116. The second kappa shape index (κ2) is 11.9. The van der Waals surface area contributed by atoms with Crippen LogP contribution in [-0.4, -0.2) is 43.1 Å². The Hall–Kier alpha value is -4.50. The summed E-state index contributed by atoms with van der Waals surface area (Å²) in [5, 5.41) is 16.9. The van der Waals surface area contributed by atoms with Gasteiger partial charge in [0.05, 0.1) is 29.0 Å². The monoisotopic (exact) mass is 567 g/mol. The molecule has 4 aromatic rings. The van der Waals surface area contributed by atoms with E-state index in [0.717, 1.165) is 40.3 Å². The summed E-state index contributed by atoms with van der Waals surface area (Å²) >= 11 is 5.82. The average Bonchev–Trinajstić information content (AvgIpc) is 3.46. The van der Waals surface area contributed by atoms with E-state index in [9.17, 15) is 14.7 Å². The minimum Gasteiger partial charge on any atom is -0.478 e. The van der Waals surface area contributed by atoms with E-state index in [1.165, 1.54) is 0 Å². The zero-order valence-electron chi connectivity index (χ0n) is 23.3. The number of anilines is 1. The molecule has 9 heteroatoms. The molecule has 1 amide bonds. The van der Waals surface area contributed by atoms with Gasteiger partial charge < -0.3 is 25.2 Å². The Morgan fingerprint density at radius 3 is 2.51 bits per heavy atom. The molecule has 1 aliphatic rings. The average molecular weight is 568 g/mol. The third kappa shape index (κ3) is 5.58. The van der Waals surface area contributed by atoms with Crippen molar-refractivity contribution in [3.63, 3.8) is 0 Å². The van der Waals surface area contributed by atoms with Crippen LogP contribution in [0.15, 0.2) is 79.0 Å². The molecule has 0 radical (unpaired) electrons. The van der Waals surface area contributed by atoms with Gasteiger partial charge >= 0.3 is 5.97 Å². The lowest BCUT2D eigenvalue weighted by Gasteiger charge is -2.28. The second-order valence-corrected chi connectivity index (χ2v) is 10.5. The number of carboxylic acid groups (broad SMARTS) is 1. The fourth-order valence-corrected chi connectivity index (χ4v) is 6.01. The molecule has 1 fully saturated rings. The molecule has 0 aliphatic carbocycles. The smallest absolute Gasteiger partial charge is 0.337 e. The Bertz CT molecular complexity index is 1600. The molecule has 1 saturated heterocycles. The Morgan fingerprint density at radius 1 is 1.05 bits per heavy atom. The Labute approximate surface area is 245 Å². The molecule has 3 heterocycles. The van der Waals surface area contributed by atoms with Gasteiger partial charge in [0.2, 0.25) is 5.91 Å². The number of benzene rings is 2. The largest absolute Gasteiger partial charge is 0.478 e. The number of hydrogen-bond donors (Lipinski definition) is 3. The highest BCUT2D eigenvalue weighted by atomic mass is 32.1. The summed E-state index contributed by atoms with van der Waals surface area (Å²) < 4.78 is 1.97. The summed E-state index contributed by atoms with van der Waals surface area (Å²) in [5.74, 6) is -1.07. The van der Waals surface area contributed by atoms with Gasteiger partial charge in [0.25, 0.3) is 0 Å². The predicted octanol–water partition coefficient (Wildman–Crippen LogP) is 5.75. The molecule has 2 aromatic heterocycles. The normalized spacial score (nSPS) is 16.5. The van der Waals surface area contributed by atoms with Gasteiger partial charge in [0.1, 0.15) is 0 Å². The molecular formula is C32H33N5O3S. The first-order valence-electron chi connectivity index (χ1n) is 13.7. The van der Waals surface area contributed by atoms with Crippen LogP contribution in [0.4, 0.5) is 5.69 Å². The fourth-order valence-electron chi connectivity index (χ4n) is 5.68. The second-order valence-electron chi connectivity index (χ2n) is 10.1. The van der Waals surface area contributed by atoms with E-state index in [1.807, 2.05) is 73.0 Å². The van der Waals surface area contributed by atoms with Crippen molar-refractivity contribution >= 4 is 34.9 Å². The summed E-state index contributed by atoms with van der Waals surface area (Å²) in [6.45, 7) is 6.42. The molecule has 0 saturated carbocycles. The molecule has 1 aliphatic heterocycles. The molecule has 2 aromatic carbocycles. The predicted molar refractivity (Wildman–Crippen MR) is 163 cm³/mol. The first kappa shape index (κ1) is 28.0. The third-order valence-electron chi connectivity index (χ3n) is 7.61. The zero-order valence-corrected chi connectivity index (χ0v) is 24.1. The van der Waals surface area contributed by atoms with Crippen molar-refractivity contribution in [1.82, 2.24) is 19.8 Å². The van der Waals surface area contributed by atoms with Crippen molar-refractivity contribution < 1.29 is 14.7 Å². The van der Waals surface area contributed by atoms with Crippen molar-refractivity contribution in [2.24, 2.45) is 0 Å². The number of pyridine rings is 1. The summed E-state index contributed by atoms with van der Waals surface area (Å²) in [7, 11) is 0.